The lowest BCUT2D eigenvalue weighted by Crippen LogP contribution is -2.26. The molecule has 2 aromatic rings. The quantitative estimate of drug-likeness (QED) is 0.918. The van der Waals surface area contributed by atoms with Crippen LogP contribution in [0.2, 0.25) is 0 Å². The number of benzene rings is 2. The number of ether oxygens (including phenoxy) is 2. The van der Waals surface area contributed by atoms with Gasteiger partial charge >= 0.3 is 5.97 Å². The molecule has 0 aromatic heterocycles. The van der Waals surface area contributed by atoms with Crippen molar-refractivity contribution in [1.29, 1.82) is 0 Å². The van der Waals surface area contributed by atoms with Crippen LogP contribution in [0.15, 0.2) is 48.5 Å². The van der Waals surface area contributed by atoms with Gasteiger partial charge in [-0.1, -0.05) is 36.4 Å². The molecular formula is C21H21NO4. The molecule has 5 heteroatoms. The van der Waals surface area contributed by atoms with E-state index < -0.39 is 5.97 Å². The van der Waals surface area contributed by atoms with E-state index in [-0.39, 0.29) is 12.0 Å². The summed E-state index contributed by atoms with van der Waals surface area (Å²) in [7, 11) is 0. The van der Waals surface area contributed by atoms with Gasteiger partial charge in [0.25, 0.3) is 0 Å². The normalized spacial score (nSPS) is 29.2. The van der Waals surface area contributed by atoms with Gasteiger partial charge in [-0.2, -0.15) is 0 Å². The first-order valence-electron chi connectivity index (χ1n) is 9.11. The maximum atomic E-state index is 11.1. The average Bonchev–Trinajstić information content (AvgIpc) is 3.19. The summed E-state index contributed by atoms with van der Waals surface area (Å²) in [4.78, 5) is 13.4. The zero-order valence-electron chi connectivity index (χ0n) is 14.4. The highest BCUT2D eigenvalue weighted by Gasteiger charge is 2.59. The molecule has 2 aliphatic heterocycles. The van der Waals surface area contributed by atoms with Gasteiger partial charge in [0.05, 0.1) is 5.92 Å². The van der Waals surface area contributed by atoms with Crippen LogP contribution in [-0.4, -0.2) is 35.7 Å². The molecule has 26 heavy (non-hydrogen) atoms. The fourth-order valence-electron chi connectivity index (χ4n) is 4.39. The second kappa shape index (κ2) is 6.02. The number of likely N-dealkylation sites (tertiary alicyclic amines) is 1. The van der Waals surface area contributed by atoms with Crippen LogP contribution in [0.25, 0.3) is 0 Å². The number of carbonyl (C=O) groups is 1. The summed E-state index contributed by atoms with van der Waals surface area (Å²) >= 11 is 0. The smallest absolute Gasteiger partial charge is 0.307 e. The summed E-state index contributed by atoms with van der Waals surface area (Å²) in [5, 5.41) is 9.11. The van der Waals surface area contributed by atoms with Crippen LogP contribution in [0, 0.1) is 17.8 Å². The van der Waals surface area contributed by atoms with Crippen LogP contribution in [0.5, 0.6) is 11.5 Å². The minimum Gasteiger partial charge on any atom is -0.485 e. The summed E-state index contributed by atoms with van der Waals surface area (Å²) in [5.74, 6) is 1.59. The summed E-state index contributed by atoms with van der Waals surface area (Å²) in [6.45, 7) is 3.20. The molecule has 1 saturated heterocycles. The zero-order chi connectivity index (χ0) is 17.7. The van der Waals surface area contributed by atoms with Crippen molar-refractivity contribution in [2.45, 2.75) is 12.6 Å². The summed E-state index contributed by atoms with van der Waals surface area (Å²) < 4.78 is 11.8. The maximum Gasteiger partial charge on any atom is 0.307 e. The van der Waals surface area contributed by atoms with Gasteiger partial charge in [-0.15, -0.1) is 0 Å². The van der Waals surface area contributed by atoms with Gasteiger partial charge in [0.2, 0.25) is 0 Å². The van der Waals surface area contributed by atoms with Crippen LogP contribution < -0.4 is 9.47 Å². The third kappa shape index (κ3) is 2.72. The minimum atomic E-state index is -0.625. The molecule has 0 bridgehead atoms. The third-order valence-corrected chi connectivity index (χ3v) is 5.82. The molecular weight excluding hydrogens is 330 g/mol. The SMILES string of the molecule is O=C(O)C1C2CN(Cc3ccc([C@H]4COc5ccccc5O4)cc3)C[C@@H]21. The summed E-state index contributed by atoms with van der Waals surface area (Å²) in [6.07, 6.45) is -0.0882. The number of nitrogens with zero attached hydrogens (tertiary/aromatic N) is 1. The Morgan fingerprint density at radius 2 is 1.73 bits per heavy atom. The van der Waals surface area contributed by atoms with E-state index in [1.165, 1.54) is 5.56 Å². The lowest BCUT2D eigenvalue weighted by molar-refractivity contribution is -0.139. The van der Waals surface area contributed by atoms with Crippen molar-refractivity contribution >= 4 is 5.97 Å². The first-order valence-corrected chi connectivity index (χ1v) is 9.11. The Kier molecular flexibility index (Phi) is 3.64. The highest BCUT2D eigenvalue weighted by Crippen LogP contribution is 2.52. The van der Waals surface area contributed by atoms with Crippen LogP contribution in [0.3, 0.4) is 0 Å². The van der Waals surface area contributed by atoms with Crippen molar-refractivity contribution in [2.75, 3.05) is 19.7 Å². The molecule has 5 nitrogen and oxygen atoms in total. The van der Waals surface area contributed by atoms with Crippen molar-refractivity contribution in [3.05, 3.63) is 59.7 Å². The molecule has 2 aromatic carbocycles. The van der Waals surface area contributed by atoms with Gasteiger partial charge in [0, 0.05) is 19.6 Å². The van der Waals surface area contributed by atoms with Gasteiger partial charge in [0.1, 0.15) is 6.61 Å². The number of para-hydroxylation sites is 2. The number of hydrogen-bond donors (Lipinski definition) is 1. The Balaban J connectivity index is 1.20. The van der Waals surface area contributed by atoms with E-state index in [0.29, 0.717) is 18.4 Å². The van der Waals surface area contributed by atoms with E-state index in [4.69, 9.17) is 14.6 Å². The molecule has 0 amide bonds. The first kappa shape index (κ1) is 15.7. The second-order valence-corrected chi connectivity index (χ2v) is 7.49. The standard InChI is InChI=1S/C21H21NO4/c23-21(24)20-15-10-22(11-16(15)20)9-13-5-7-14(8-6-13)19-12-25-17-3-1-2-4-18(17)26-19/h1-8,15-16,19-20H,9-12H2,(H,23,24)/t15-,16?,19+,20?/m0/s1. The van der Waals surface area contributed by atoms with Gasteiger partial charge < -0.3 is 14.6 Å². The Morgan fingerprint density at radius 1 is 1.04 bits per heavy atom. The van der Waals surface area contributed by atoms with E-state index >= 15 is 0 Å². The van der Waals surface area contributed by atoms with E-state index in [1.54, 1.807) is 0 Å². The van der Waals surface area contributed by atoms with E-state index in [2.05, 4.69) is 29.2 Å². The predicted octanol–water partition coefficient (Wildman–Crippen LogP) is 2.96. The summed E-state index contributed by atoms with van der Waals surface area (Å²) in [5.41, 5.74) is 2.36. The maximum absolute atomic E-state index is 11.1. The average molecular weight is 351 g/mol. The van der Waals surface area contributed by atoms with Gasteiger partial charge in [-0.05, 0) is 35.1 Å². The molecule has 1 N–H and O–H groups in total. The Morgan fingerprint density at radius 3 is 2.42 bits per heavy atom. The largest absolute Gasteiger partial charge is 0.485 e. The molecule has 134 valence electrons. The molecule has 5 rings (SSSR count). The van der Waals surface area contributed by atoms with E-state index in [1.807, 2.05) is 24.3 Å². The molecule has 2 heterocycles. The number of hydrogen-bond acceptors (Lipinski definition) is 4. The fraction of sp³-hybridized carbons (Fsp3) is 0.381. The van der Waals surface area contributed by atoms with Crippen LogP contribution in [-0.2, 0) is 11.3 Å². The predicted molar refractivity (Wildman–Crippen MR) is 95.1 cm³/mol. The lowest BCUT2D eigenvalue weighted by atomic mass is 10.1. The van der Waals surface area contributed by atoms with Crippen molar-refractivity contribution in [1.82, 2.24) is 4.90 Å². The van der Waals surface area contributed by atoms with Crippen LogP contribution >= 0.6 is 0 Å². The van der Waals surface area contributed by atoms with Crippen molar-refractivity contribution < 1.29 is 19.4 Å². The molecule has 2 unspecified atom stereocenters. The molecule has 2 fully saturated rings. The van der Waals surface area contributed by atoms with Gasteiger partial charge in [0.15, 0.2) is 17.6 Å². The molecule has 1 saturated carbocycles. The number of rotatable bonds is 4. The topological polar surface area (TPSA) is 59.0 Å². The van der Waals surface area contributed by atoms with E-state index in [9.17, 15) is 4.79 Å². The number of fused-ring (bicyclic) bond motifs is 2. The molecule has 0 spiro atoms. The second-order valence-electron chi connectivity index (χ2n) is 7.49. The molecule has 4 atom stereocenters. The number of piperidine rings is 1. The molecule has 3 aliphatic rings. The first-order chi connectivity index (χ1) is 12.7. The highest BCUT2D eigenvalue weighted by molar-refractivity contribution is 5.74. The Labute approximate surface area is 152 Å². The zero-order valence-corrected chi connectivity index (χ0v) is 14.4. The van der Waals surface area contributed by atoms with E-state index in [0.717, 1.165) is 36.7 Å². The number of aliphatic carboxylic acids is 1. The van der Waals surface area contributed by atoms with Crippen LogP contribution in [0.1, 0.15) is 17.2 Å². The Bertz CT molecular complexity index is 822. The van der Waals surface area contributed by atoms with Crippen LogP contribution in [0.4, 0.5) is 0 Å². The summed E-state index contributed by atoms with van der Waals surface area (Å²) in [6, 6.07) is 16.2. The fourth-order valence-corrected chi connectivity index (χ4v) is 4.39. The van der Waals surface area contributed by atoms with Gasteiger partial charge in [-0.25, -0.2) is 0 Å². The molecule has 0 radical (unpaired) electrons. The highest BCUT2D eigenvalue weighted by atomic mass is 16.6. The number of carboxylic acid groups (broad SMARTS) is 1. The van der Waals surface area contributed by atoms with Crippen molar-refractivity contribution in [3.8, 4) is 11.5 Å². The monoisotopic (exact) mass is 351 g/mol. The minimum absolute atomic E-state index is 0.0882. The Hall–Kier alpha value is -2.53. The van der Waals surface area contributed by atoms with Crippen molar-refractivity contribution in [2.24, 2.45) is 17.8 Å². The molecule has 1 aliphatic carbocycles. The number of carboxylic acids is 1. The van der Waals surface area contributed by atoms with Crippen molar-refractivity contribution in [3.63, 3.8) is 0 Å². The lowest BCUT2D eigenvalue weighted by Gasteiger charge is -2.27. The third-order valence-electron chi connectivity index (χ3n) is 5.82. The van der Waals surface area contributed by atoms with Gasteiger partial charge in [-0.3, -0.25) is 9.69 Å².